The van der Waals surface area contributed by atoms with Gasteiger partial charge in [-0.1, -0.05) is 77.8 Å². The highest BCUT2D eigenvalue weighted by Crippen LogP contribution is 2.20. The van der Waals surface area contributed by atoms with E-state index < -0.39 is 6.04 Å². The summed E-state index contributed by atoms with van der Waals surface area (Å²) < 4.78 is 0. The topological polar surface area (TPSA) is 58.2 Å². The summed E-state index contributed by atoms with van der Waals surface area (Å²) in [5.41, 5.74) is 2.32. The van der Waals surface area contributed by atoms with E-state index in [-0.39, 0.29) is 18.2 Å². The van der Waals surface area contributed by atoms with E-state index >= 15 is 0 Å². The van der Waals surface area contributed by atoms with Crippen LogP contribution in [0.15, 0.2) is 78.9 Å². The van der Waals surface area contributed by atoms with Gasteiger partial charge in [-0.3, -0.25) is 9.59 Å². The van der Waals surface area contributed by atoms with Crippen LogP contribution in [0.25, 0.3) is 0 Å². The number of carbonyl (C=O) groups is 2. The Balaban J connectivity index is 1.62. The molecule has 3 rings (SSSR count). The molecule has 0 saturated heterocycles. The third-order valence-corrected chi connectivity index (χ3v) is 5.25. The number of hydrogen-bond acceptors (Lipinski definition) is 2. The smallest absolute Gasteiger partial charge is 0.253 e. The molecule has 0 aromatic heterocycles. The first-order chi connectivity index (χ1) is 14.5. The molecule has 4 nitrogen and oxygen atoms in total. The predicted molar refractivity (Wildman–Crippen MR) is 121 cm³/mol. The molecule has 3 aromatic carbocycles. The summed E-state index contributed by atoms with van der Waals surface area (Å²) >= 11 is 12.0. The van der Waals surface area contributed by atoms with Crippen molar-refractivity contribution >= 4 is 35.0 Å². The van der Waals surface area contributed by atoms with E-state index in [9.17, 15) is 9.59 Å². The molecule has 1 atom stereocenters. The van der Waals surface area contributed by atoms with Gasteiger partial charge in [-0.2, -0.15) is 0 Å². The molecule has 2 amide bonds. The van der Waals surface area contributed by atoms with E-state index in [0.29, 0.717) is 28.6 Å². The van der Waals surface area contributed by atoms with Crippen LogP contribution in [0.2, 0.25) is 10.0 Å². The van der Waals surface area contributed by atoms with Gasteiger partial charge in [0.15, 0.2) is 0 Å². The lowest BCUT2D eigenvalue weighted by Gasteiger charge is -2.19. The highest BCUT2D eigenvalue weighted by molar-refractivity contribution is 6.33. The van der Waals surface area contributed by atoms with Crippen molar-refractivity contribution in [2.24, 2.45) is 0 Å². The maximum Gasteiger partial charge on any atom is 0.253 e. The van der Waals surface area contributed by atoms with Crippen molar-refractivity contribution in [2.75, 3.05) is 6.54 Å². The second kappa shape index (κ2) is 10.8. The number of carbonyl (C=O) groups excluding carboxylic acids is 2. The average Bonchev–Trinajstić information content (AvgIpc) is 2.75. The van der Waals surface area contributed by atoms with Gasteiger partial charge >= 0.3 is 0 Å². The van der Waals surface area contributed by atoms with E-state index in [4.69, 9.17) is 23.2 Å². The Bertz CT molecular complexity index is 992. The first-order valence-electron chi connectivity index (χ1n) is 9.64. The quantitative estimate of drug-likeness (QED) is 0.504. The van der Waals surface area contributed by atoms with E-state index in [2.05, 4.69) is 10.6 Å². The number of benzene rings is 3. The van der Waals surface area contributed by atoms with Crippen LogP contribution in [0.5, 0.6) is 0 Å². The second-order valence-corrected chi connectivity index (χ2v) is 7.69. The lowest BCUT2D eigenvalue weighted by Crippen LogP contribution is -2.34. The number of hydrogen-bond donors (Lipinski definition) is 2. The zero-order valence-corrected chi connectivity index (χ0v) is 17.8. The molecule has 0 radical (unpaired) electrons. The normalized spacial score (nSPS) is 11.5. The van der Waals surface area contributed by atoms with Crippen LogP contribution in [0.4, 0.5) is 0 Å². The number of amides is 2. The lowest BCUT2D eigenvalue weighted by molar-refractivity contribution is -0.121. The van der Waals surface area contributed by atoms with Crippen LogP contribution < -0.4 is 10.6 Å². The molecular formula is C24H22Cl2N2O2. The average molecular weight is 441 g/mol. The maximum atomic E-state index is 12.7. The van der Waals surface area contributed by atoms with Crippen molar-refractivity contribution in [1.29, 1.82) is 0 Å². The first-order valence-corrected chi connectivity index (χ1v) is 10.4. The van der Waals surface area contributed by atoms with Gasteiger partial charge in [0.05, 0.1) is 23.0 Å². The molecule has 0 heterocycles. The van der Waals surface area contributed by atoms with Crippen molar-refractivity contribution in [1.82, 2.24) is 10.6 Å². The van der Waals surface area contributed by atoms with Crippen molar-refractivity contribution in [3.8, 4) is 0 Å². The fraction of sp³-hybridized carbons (Fsp3) is 0.167. The minimum atomic E-state index is -0.467. The predicted octanol–water partition coefficient (Wildman–Crippen LogP) is 5.21. The standard InChI is InChI=1S/C24H22Cl2N2O2/c25-19-12-10-17(11-13-19)14-15-27-23(29)16-22(18-6-2-1-3-7-18)28-24(30)20-8-4-5-9-21(20)26/h1-13,22H,14-16H2,(H,27,29)(H,28,30)/t22-/m0/s1. The molecule has 0 bridgehead atoms. The minimum Gasteiger partial charge on any atom is -0.356 e. The monoisotopic (exact) mass is 440 g/mol. The second-order valence-electron chi connectivity index (χ2n) is 6.85. The zero-order chi connectivity index (χ0) is 21.3. The SMILES string of the molecule is O=C(C[C@H](NC(=O)c1ccccc1Cl)c1ccccc1)NCCc1ccc(Cl)cc1. The van der Waals surface area contributed by atoms with Gasteiger partial charge in [0.2, 0.25) is 5.91 Å². The largest absolute Gasteiger partial charge is 0.356 e. The number of rotatable bonds is 8. The Kier molecular flexibility index (Phi) is 7.89. The summed E-state index contributed by atoms with van der Waals surface area (Å²) in [6.45, 7) is 0.500. The van der Waals surface area contributed by atoms with Gasteiger partial charge in [0.1, 0.15) is 0 Å². The molecule has 3 aromatic rings. The molecule has 6 heteroatoms. The Morgan fingerprint density at radius 2 is 1.50 bits per heavy atom. The molecule has 0 aliphatic rings. The van der Waals surface area contributed by atoms with Crippen LogP contribution in [-0.4, -0.2) is 18.4 Å². The minimum absolute atomic E-state index is 0.126. The molecular weight excluding hydrogens is 419 g/mol. The third kappa shape index (κ3) is 6.34. The maximum absolute atomic E-state index is 12.7. The Morgan fingerprint density at radius 1 is 0.833 bits per heavy atom. The van der Waals surface area contributed by atoms with Crippen LogP contribution in [-0.2, 0) is 11.2 Å². The molecule has 0 saturated carbocycles. The van der Waals surface area contributed by atoms with Gasteiger partial charge < -0.3 is 10.6 Å². The van der Waals surface area contributed by atoms with Crippen LogP contribution >= 0.6 is 23.2 Å². The summed E-state index contributed by atoms with van der Waals surface area (Å²) in [5, 5.41) is 6.91. The van der Waals surface area contributed by atoms with Crippen molar-refractivity contribution in [3.63, 3.8) is 0 Å². The summed E-state index contributed by atoms with van der Waals surface area (Å²) in [6, 6.07) is 23.3. The van der Waals surface area contributed by atoms with Gasteiger partial charge in [0.25, 0.3) is 5.91 Å². The Labute approximate surface area is 186 Å². The summed E-state index contributed by atoms with van der Waals surface area (Å²) in [7, 11) is 0. The summed E-state index contributed by atoms with van der Waals surface area (Å²) in [4.78, 5) is 25.3. The van der Waals surface area contributed by atoms with Crippen LogP contribution in [0, 0.1) is 0 Å². The highest BCUT2D eigenvalue weighted by atomic mass is 35.5. The molecule has 30 heavy (non-hydrogen) atoms. The molecule has 0 aliphatic heterocycles. The first kappa shape index (κ1) is 21.9. The fourth-order valence-corrected chi connectivity index (χ4v) is 3.42. The van der Waals surface area contributed by atoms with E-state index in [1.807, 2.05) is 54.6 Å². The molecule has 154 valence electrons. The van der Waals surface area contributed by atoms with Gasteiger partial charge in [-0.15, -0.1) is 0 Å². The molecule has 0 spiro atoms. The summed E-state index contributed by atoms with van der Waals surface area (Å²) in [6.07, 6.45) is 0.825. The zero-order valence-electron chi connectivity index (χ0n) is 16.3. The number of halogens is 2. The van der Waals surface area contributed by atoms with Crippen molar-refractivity contribution in [2.45, 2.75) is 18.9 Å². The molecule has 0 unspecified atom stereocenters. The third-order valence-electron chi connectivity index (χ3n) is 4.66. The van der Waals surface area contributed by atoms with Crippen molar-refractivity contribution in [3.05, 3.63) is 106 Å². The highest BCUT2D eigenvalue weighted by Gasteiger charge is 2.20. The Morgan fingerprint density at radius 3 is 2.20 bits per heavy atom. The van der Waals surface area contributed by atoms with Gasteiger partial charge in [0, 0.05) is 11.6 Å². The molecule has 0 fully saturated rings. The fourth-order valence-electron chi connectivity index (χ4n) is 3.07. The number of nitrogens with one attached hydrogen (secondary N) is 2. The Hall–Kier alpha value is -2.82. The van der Waals surface area contributed by atoms with E-state index in [1.165, 1.54) is 0 Å². The summed E-state index contributed by atoms with van der Waals surface area (Å²) in [5.74, 6) is -0.458. The van der Waals surface area contributed by atoms with Gasteiger partial charge in [-0.05, 0) is 41.8 Å². The molecule has 0 aliphatic carbocycles. The van der Waals surface area contributed by atoms with Crippen molar-refractivity contribution < 1.29 is 9.59 Å². The van der Waals surface area contributed by atoms with Crippen LogP contribution in [0.1, 0.15) is 33.9 Å². The lowest BCUT2D eigenvalue weighted by atomic mass is 10.0. The van der Waals surface area contributed by atoms with E-state index in [1.54, 1.807) is 24.3 Å². The van der Waals surface area contributed by atoms with E-state index in [0.717, 1.165) is 11.1 Å². The van der Waals surface area contributed by atoms with Crippen LogP contribution in [0.3, 0.4) is 0 Å². The van der Waals surface area contributed by atoms with Gasteiger partial charge in [-0.25, -0.2) is 0 Å². The molecule has 2 N–H and O–H groups in total.